The lowest BCUT2D eigenvalue weighted by Gasteiger charge is -2.35. The predicted molar refractivity (Wildman–Crippen MR) is 87.9 cm³/mol. The zero-order valence-electron chi connectivity index (χ0n) is 13.5. The van der Waals surface area contributed by atoms with Crippen LogP contribution in [0, 0.1) is 0 Å². The third kappa shape index (κ3) is 4.59. The molecule has 0 bridgehead atoms. The highest BCUT2D eigenvalue weighted by Crippen LogP contribution is 2.21. The quantitative estimate of drug-likeness (QED) is 0.851. The Bertz CT molecular complexity index is 583. The van der Waals surface area contributed by atoms with Crippen molar-refractivity contribution in [2.75, 3.05) is 32.1 Å². The number of rotatable bonds is 4. The summed E-state index contributed by atoms with van der Waals surface area (Å²) in [5.74, 6) is -0.526. The molecule has 7 heteroatoms. The summed E-state index contributed by atoms with van der Waals surface area (Å²) in [4.78, 5) is 25.7. The van der Waals surface area contributed by atoms with Gasteiger partial charge in [-0.05, 0) is 32.0 Å². The zero-order valence-corrected chi connectivity index (χ0v) is 14.2. The van der Waals surface area contributed by atoms with Crippen LogP contribution in [0.2, 0.25) is 5.02 Å². The topological polar surface area (TPSA) is 67.9 Å². The van der Waals surface area contributed by atoms with Crippen LogP contribution in [0.25, 0.3) is 0 Å². The van der Waals surface area contributed by atoms with E-state index in [4.69, 9.17) is 16.3 Å². The molecule has 1 amide bonds. The lowest BCUT2D eigenvalue weighted by molar-refractivity contribution is -0.141. The Morgan fingerprint density at radius 2 is 2.00 bits per heavy atom. The van der Waals surface area contributed by atoms with Gasteiger partial charge in [-0.15, -0.1) is 0 Å². The standard InChI is InChI=1S/C16H21ClN2O4/c1-10-8-19(9-11(2)23-10)15(20)7-18-12-4-5-14(17)13(6-12)16(21)22-3/h4-6,10-11,18H,7-9H2,1-3H3/t10-,11+. The summed E-state index contributed by atoms with van der Waals surface area (Å²) in [6.45, 7) is 5.20. The van der Waals surface area contributed by atoms with Crippen molar-refractivity contribution in [1.82, 2.24) is 4.90 Å². The van der Waals surface area contributed by atoms with E-state index in [0.717, 1.165) is 0 Å². The highest BCUT2D eigenvalue weighted by molar-refractivity contribution is 6.33. The van der Waals surface area contributed by atoms with Gasteiger partial charge in [0.15, 0.2) is 0 Å². The van der Waals surface area contributed by atoms with Gasteiger partial charge in [-0.25, -0.2) is 4.79 Å². The smallest absolute Gasteiger partial charge is 0.339 e. The van der Waals surface area contributed by atoms with Crippen molar-refractivity contribution in [3.63, 3.8) is 0 Å². The molecule has 0 aliphatic carbocycles. The minimum absolute atomic E-state index is 0.0124. The van der Waals surface area contributed by atoms with Crippen LogP contribution in [0.4, 0.5) is 5.69 Å². The Balaban J connectivity index is 1.98. The number of hydrogen-bond acceptors (Lipinski definition) is 5. The van der Waals surface area contributed by atoms with Gasteiger partial charge in [-0.1, -0.05) is 11.6 Å². The molecular formula is C16H21ClN2O4. The second kappa shape index (κ2) is 7.66. The molecule has 2 atom stereocenters. The number of anilines is 1. The Hall–Kier alpha value is -1.79. The lowest BCUT2D eigenvalue weighted by atomic mass is 10.2. The van der Waals surface area contributed by atoms with Gasteiger partial charge in [-0.3, -0.25) is 4.79 Å². The van der Waals surface area contributed by atoms with Crippen LogP contribution in [0.15, 0.2) is 18.2 Å². The fourth-order valence-electron chi connectivity index (χ4n) is 2.57. The summed E-state index contributed by atoms with van der Waals surface area (Å²) in [5, 5.41) is 3.33. The average Bonchev–Trinajstić information content (AvgIpc) is 2.52. The Labute approximate surface area is 140 Å². The summed E-state index contributed by atoms with van der Waals surface area (Å²) in [6, 6.07) is 4.89. The maximum Gasteiger partial charge on any atom is 0.339 e. The molecule has 1 heterocycles. The van der Waals surface area contributed by atoms with Crippen LogP contribution in [0.5, 0.6) is 0 Å². The van der Waals surface area contributed by atoms with E-state index >= 15 is 0 Å². The van der Waals surface area contributed by atoms with Crippen LogP contribution in [0.3, 0.4) is 0 Å². The average molecular weight is 341 g/mol. The number of halogens is 1. The van der Waals surface area contributed by atoms with Gasteiger partial charge in [0, 0.05) is 18.8 Å². The molecule has 1 aromatic carbocycles. The molecule has 0 unspecified atom stereocenters. The number of ether oxygens (including phenoxy) is 2. The SMILES string of the molecule is COC(=O)c1cc(NCC(=O)N2C[C@@H](C)O[C@@H](C)C2)ccc1Cl. The number of nitrogens with zero attached hydrogens (tertiary/aromatic N) is 1. The van der Waals surface area contributed by atoms with E-state index in [0.29, 0.717) is 23.8 Å². The van der Waals surface area contributed by atoms with Gasteiger partial charge in [0.05, 0.1) is 36.4 Å². The summed E-state index contributed by atoms with van der Waals surface area (Å²) in [7, 11) is 1.29. The molecule has 126 valence electrons. The molecule has 1 aromatic rings. The van der Waals surface area contributed by atoms with E-state index in [1.807, 2.05) is 13.8 Å². The van der Waals surface area contributed by atoms with Crippen molar-refractivity contribution in [2.24, 2.45) is 0 Å². The molecule has 1 aliphatic heterocycles. The van der Waals surface area contributed by atoms with Crippen molar-refractivity contribution in [3.8, 4) is 0 Å². The molecule has 1 N–H and O–H groups in total. The molecule has 0 aromatic heterocycles. The van der Waals surface area contributed by atoms with Crippen molar-refractivity contribution in [1.29, 1.82) is 0 Å². The van der Waals surface area contributed by atoms with Gasteiger partial charge in [0.1, 0.15) is 0 Å². The molecule has 6 nitrogen and oxygen atoms in total. The van der Waals surface area contributed by atoms with Crippen molar-refractivity contribution < 1.29 is 19.1 Å². The number of morpholine rings is 1. The maximum absolute atomic E-state index is 12.3. The maximum atomic E-state index is 12.3. The first-order chi connectivity index (χ1) is 10.9. The number of esters is 1. The van der Waals surface area contributed by atoms with Gasteiger partial charge >= 0.3 is 5.97 Å². The molecule has 1 saturated heterocycles. The third-order valence-corrected chi connectivity index (χ3v) is 3.92. The first-order valence-corrected chi connectivity index (χ1v) is 7.83. The molecule has 0 spiro atoms. The predicted octanol–water partition coefficient (Wildman–Crippen LogP) is 2.17. The highest BCUT2D eigenvalue weighted by atomic mass is 35.5. The number of hydrogen-bond donors (Lipinski definition) is 1. The van der Waals surface area contributed by atoms with Gasteiger partial charge < -0.3 is 19.7 Å². The van der Waals surface area contributed by atoms with Gasteiger partial charge in [0.2, 0.25) is 5.91 Å². The second-order valence-corrected chi connectivity index (χ2v) is 6.00. The van der Waals surface area contributed by atoms with E-state index in [2.05, 4.69) is 10.1 Å². The Morgan fingerprint density at radius 1 is 1.35 bits per heavy atom. The largest absolute Gasteiger partial charge is 0.465 e. The van der Waals surface area contributed by atoms with E-state index in [1.165, 1.54) is 7.11 Å². The number of nitrogens with one attached hydrogen (secondary N) is 1. The molecule has 1 aliphatic rings. The van der Waals surface area contributed by atoms with Crippen LogP contribution in [-0.4, -0.2) is 55.7 Å². The summed E-state index contributed by atoms with van der Waals surface area (Å²) in [5.41, 5.74) is 0.901. The van der Waals surface area contributed by atoms with Crippen LogP contribution >= 0.6 is 11.6 Å². The second-order valence-electron chi connectivity index (χ2n) is 5.60. The van der Waals surface area contributed by atoms with Crippen LogP contribution in [-0.2, 0) is 14.3 Å². The number of carbonyl (C=O) groups excluding carboxylic acids is 2. The summed E-state index contributed by atoms with van der Waals surface area (Å²) < 4.78 is 10.3. The summed E-state index contributed by atoms with van der Waals surface area (Å²) in [6.07, 6.45) is 0.0633. The monoisotopic (exact) mass is 340 g/mol. The molecule has 23 heavy (non-hydrogen) atoms. The number of benzene rings is 1. The van der Waals surface area contributed by atoms with Crippen molar-refractivity contribution >= 4 is 29.2 Å². The molecule has 2 rings (SSSR count). The van der Waals surface area contributed by atoms with Gasteiger partial charge in [-0.2, -0.15) is 0 Å². The zero-order chi connectivity index (χ0) is 17.0. The Morgan fingerprint density at radius 3 is 2.61 bits per heavy atom. The van der Waals surface area contributed by atoms with Gasteiger partial charge in [0.25, 0.3) is 0 Å². The highest BCUT2D eigenvalue weighted by Gasteiger charge is 2.25. The third-order valence-electron chi connectivity index (χ3n) is 3.59. The van der Waals surface area contributed by atoms with E-state index in [1.54, 1.807) is 23.1 Å². The minimum Gasteiger partial charge on any atom is -0.465 e. The fraction of sp³-hybridized carbons (Fsp3) is 0.500. The van der Waals surface area contributed by atoms with Crippen LogP contribution in [0.1, 0.15) is 24.2 Å². The van der Waals surface area contributed by atoms with E-state index in [9.17, 15) is 9.59 Å². The van der Waals surface area contributed by atoms with E-state index < -0.39 is 5.97 Å². The number of amides is 1. The van der Waals surface area contributed by atoms with Crippen LogP contribution < -0.4 is 5.32 Å². The molecule has 0 radical (unpaired) electrons. The number of carbonyl (C=O) groups is 2. The number of methoxy groups -OCH3 is 1. The lowest BCUT2D eigenvalue weighted by Crippen LogP contribution is -2.49. The minimum atomic E-state index is -0.513. The normalized spacial score (nSPS) is 21.0. The van der Waals surface area contributed by atoms with Crippen molar-refractivity contribution in [3.05, 3.63) is 28.8 Å². The molecular weight excluding hydrogens is 320 g/mol. The molecule has 0 saturated carbocycles. The summed E-state index contributed by atoms with van der Waals surface area (Å²) >= 11 is 5.97. The first-order valence-electron chi connectivity index (χ1n) is 7.45. The van der Waals surface area contributed by atoms with Crippen molar-refractivity contribution in [2.45, 2.75) is 26.1 Å². The fourth-order valence-corrected chi connectivity index (χ4v) is 2.77. The molecule has 1 fully saturated rings. The Kier molecular flexibility index (Phi) is 5.85. The van der Waals surface area contributed by atoms with E-state index in [-0.39, 0.29) is 30.2 Å². The first kappa shape index (κ1) is 17.6.